The van der Waals surface area contributed by atoms with Gasteiger partial charge in [0.05, 0.1) is 5.75 Å². The Hall–Kier alpha value is -3.34. The number of nitrogens with zero attached hydrogens (tertiary/aromatic N) is 4. The van der Waals surface area contributed by atoms with Gasteiger partial charge in [-0.25, -0.2) is 4.79 Å². The molecule has 0 atom stereocenters. The van der Waals surface area contributed by atoms with E-state index < -0.39 is 17.0 Å². The van der Waals surface area contributed by atoms with Crippen LogP contribution in [0.1, 0.15) is 40.7 Å². The zero-order chi connectivity index (χ0) is 23.4. The van der Waals surface area contributed by atoms with Crippen molar-refractivity contribution in [1.29, 1.82) is 0 Å². The molecule has 32 heavy (non-hydrogen) atoms. The molecule has 0 aliphatic heterocycles. The average molecular weight is 460 g/mol. The highest BCUT2D eigenvalue weighted by Crippen LogP contribution is 2.22. The number of carbonyl (C=O) groups is 1. The fourth-order valence-corrected chi connectivity index (χ4v) is 3.69. The number of nitrogens with two attached hydrogens (primary N) is 1. The van der Waals surface area contributed by atoms with Gasteiger partial charge in [-0.05, 0) is 37.5 Å². The van der Waals surface area contributed by atoms with Crippen molar-refractivity contribution in [2.75, 3.05) is 11.5 Å². The Balaban J connectivity index is 1.69. The number of hydrogen-bond acceptors (Lipinski definition) is 9. The molecule has 0 saturated carbocycles. The van der Waals surface area contributed by atoms with Crippen molar-refractivity contribution in [1.82, 2.24) is 19.3 Å². The number of aromatic nitrogens is 4. The van der Waals surface area contributed by atoms with Crippen LogP contribution >= 0.6 is 11.8 Å². The van der Waals surface area contributed by atoms with Gasteiger partial charge < -0.3 is 14.9 Å². The molecule has 3 rings (SSSR count). The predicted molar refractivity (Wildman–Crippen MR) is 120 cm³/mol. The summed E-state index contributed by atoms with van der Waals surface area (Å²) in [5.41, 5.74) is 6.55. The van der Waals surface area contributed by atoms with E-state index in [2.05, 4.69) is 10.2 Å². The summed E-state index contributed by atoms with van der Waals surface area (Å²) in [4.78, 5) is 37.4. The normalized spacial score (nSPS) is 11.0. The van der Waals surface area contributed by atoms with Crippen LogP contribution in [0.4, 0.5) is 5.82 Å². The number of Topliss-reactive ketones (excluding diaryl/α,β-unsaturated/α-hetero) is 1. The highest BCUT2D eigenvalue weighted by Gasteiger charge is 2.22. The van der Waals surface area contributed by atoms with Crippen molar-refractivity contribution >= 4 is 23.4 Å². The molecule has 0 unspecified atom stereocenters. The Morgan fingerprint density at radius 3 is 2.72 bits per heavy atom. The molecule has 0 aliphatic rings. The van der Waals surface area contributed by atoms with Gasteiger partial charge in [0.25, 0.3) is 16.7 Å². The molecule has 170 valence electrons. The summed E-state index contributed by atoms with van der Waals surface area (Å²) in [7, 11) is 1.32. The SMILES string of the molecule is CCCn1c(N)c(C(=O)CSc2nnc(COc3cc(C)ccc3C)o2)c(=O)n(C)c1=O. The largest absolute Gasteiger partial charge is 0.484 e. The zero-order valence-electron chi connectivity index (χ0n) is 18.4. The van der Waals surface area contributed by atoms with Crippen molar-refractivity contribution in [3.8, 4) is 5.75 Å². The highest BCUT2D eigenvalue weighted by molar-refractivity contribution is 7.99. The summed E-state index contributed by atoms with van der Waals surface area (Å²) in [6.45, 7) is 6.17. The van der Waals surface area contributed by atoms with Crippen LogP contribution in [-0.2, 0) is 20.2 Å². The molecule has 11 heteroatoms. The van der Waals surface area contributed by atoms with Crippen molar-refractivity contribution in [2.24, 2.45) is 7.05 Å². The van der Waals surface area contributed by atoms with Gasteiger partial charge in [-0.3, -0.25) is 18.7 Å². The number of aryl methyl sites for hydroxylation is 2. The second-order valence-electron chi connectivity index (χ2n) is 7.29. The van der Waals surface area contributed by atoms with E-state index in [-0.39, 0.29) is 34.9 Å². The van der Waals surface area contributed by atoms with E-state index in [4.69, 9.17) is 14.9 Å². The van der Waals surface area contributed by atoms with Crippen LogP contribution in [-0.4, -0.2) is 30.9 Å². The number of hydrogen-bond donors (Lipinski definition) is 1. The summed E-state index contributed by atoms with van der Waals surface area (Å²) < 4.78 is 13.4. The lowest BCUT2D eigenvalue weighted by molar-refractivity contribution is 0.102. The first-order valence-corrected chi connectivity index (χ1v) is 11.0. The molecule has 0 spiro atoms. The Bertz CT molecular complexity index is 1260. The first kappa shape index (κ1) is 23.3. The molecule has 10 nitrogen and oxygen atoms in total. The molecule has 3 aromatic rings. The van der Waals surface area contributed by atoms with Crippen molar-refractivity contribution in [3.63, 3.8) is 0 Å². The molecule has 1 aromatic carbocycles. The third kappa shape index (κ3) is 4.93. The summed E-state index contributed by atoms with van der Waals surface area (Å²) in [6, 6.07) is 5.88. The Labute approximate surface area is 188 Å². The smallest absolute Gasteiger partial charge is 0.332 e. The fourth-order valence-electron chi connectivity index (χ4n) is 3.04. The van der Waals surface area contributed by atoms with Crippen molar-refractivity contribution in [3.05, 3.63) is 61.6 Å². The lowest BCUT2D eigenvalue weighted by atomic mass is 10.1. The van der Waals surface area contributed by atoms with E-state index in [0.717, 1.165) is 33.2 Å². The Morgan fingerprint density at radius 2 is 2.00 bits per heavy atom. The third-order valence-corrected chi connectivity index (χ3v) is 5.60. The quantitative estimate of drug-likeness (QED) is 0.377. The van der Waals surface area contributed by atoms with E-state index in [0.29, 0.717) is 13.0 Å². The molecule has 0 fully saturated rings. The Morgan fingerprint density at radius 1 is 1.25 bits per heavy atom. The number of nitrogen functional groups attached to an aromatic ring is 1. The number of rotatable bonds is 9. The van der Waals surface area contributed by atoms with Gasteiger partial charge in [-0.2, -0.15) is 0 Å². The average Bonchev–Trinajstić information content (AvgIpc) is 3.22. The topological polar surface area (TPSA) is 135 Å². The predicted octanol–water partition coefficient (Wildman–Crippen LogP) is 2.09. The van der Waals surface area contributed by atoms with E-state index in [1.165, 1.54) is 11.6 Å². The summed E-state index contributed by atoms with van der Waals surface area (Å²) in [5, 5.41) is 7.99. The molecule has 2 aromatic heterocycles. The molecule has 0 bridgehead atoms. The van der Waals surface area contributed by atoms with E-state index in [1.54, 1.807) is 0 Å². The first-order valence-electron chi connectivity index (χ1n) is 10.0. The van der Waals surface area contributed by atoms with Crippen LogP contribution in [0, 0.1) is 13.8 Å². The second-order valence-corrected chi connectivity index (χ2v) is 8.22. The molecule has 0 aliphatic carbocycles. The minimum absolute atomic E-state index is 0.0846. The van der Waals surface area contributed by atoms with Crippen LogP contribution in [0.15, 0.2) is 37.4 Å². The number of ether oxygens (including phenoxy) is 1. The van der Waals surface area contributed by atoms with Crippen LogP contribution < -0.4 is 21.7 Å². The van der Waals surface area contributed by atoms with Gasteiger partial charge in [0.2, 0.25) is 0 Å². The van der Waals surface area contributed by atoms with Gasteiger partial charge in [-0.15, -0.1) is 10.2 Å². The number of carbonyl (C=O) groups excluding carboxylic acids is 1. The maximum atomic E-state index is 12.7. The van der Waals surface area contributed by atoms with Gasteiger partial charge in [0, 0.05) is 13.6 Å². The monoisotopic (exact) mass is 459 g/mol. The van der Waals surface area contributed by atoms with Crippen LogP contribution in [0.5, 0.6) is 5.75 Å². The Kier molecular flexibility index (Phi) is 7.18. The number of ketones is 1. The lowest BCUT2D eigenvalue weighted by Gasteiger charge is -2.13. The molecular formula is C21H25N5O5S. The van der Waals surface area contributed by atoms with Gasteiger partial charge >= 0.3 is 5.69 Å². The molecule has 0 amide bonds. The minimum Gasteiger partial charge on any atom is -0.484 e. The molecule has 2 N–H and O–H groups in total. The van der Waals surface area contributed by atoms with Crippen molar-refractivity contribution in [2.45, 2.75) is 45.6 Å². The summed E-state index contributed by atoms with van der Waals surface area (Å²) in [5.74, 6) is 0.181. The molecule has 0 saturated heterocycles. The third-order valence-electron chi connectivity index (χ3n) is 4.78. The maximum absolute atomic E-state index is 12.7. The highest BCUT2D eigenvalue weighted by atomic mass is 32.2. The molecule has 2 heterocycles. The van der Waals surface area contributed by atoms with Crippen LogP contribution in [0.25, 0.3) is 0 Å². The molecular weight excluding hydrogens is 434 g/mol. The minimum atomic E-state index is -0.724. The van der Waals surface area contributed by atoms with Gasteiger partial charge in [0.1, 0.15) is 17.1 Å². The number of thioether (sulfide) groups is 1. The van der Waals surface area contributed by atoms with E-state index in [1.807, 2.05) is 39.0 Å². The standard InChI is InChI=1S/C21H25N5O5S/c1-5-8-26-18(22)17(19(28)25(4)21(26)29)14(27)11-32-20-24-23-16(31-20)10-30-15-9-12(2)6-7-13(15)3/h6-7,9H,5,8,10-11,22H2,1-4H3. The number of anilines is 1. The molecule has 0 radical (unpaired) electrons. The second kappa shape index (κ2) is 9.86. The van der Waals surface area contributed by atoms with E-state index >= 15 is 0 Å². The van der Waals surface area contributed by atoms with Crippen molar-refractivity contribution < 1.29 is 13.9 Å². The fraction of sp³-hybridized carbons (Fsp3) is 0.381. The van der Waals surface area contributed by atoms with Gasteiger partial charge in [0.15, 0.2) is 12.4 Å². The summed E-state index contributed by atoms with van der Waals surface area (Å²) in [6.07, 6.45) is 0.625. The summed E-state index contributed by atoms with van der Waals surface area (Å²) >= 11 is 0.982. The lowest BCUT2D eigenvalue weighted by Crippen LogP contribution is -2.42. The van der Waals surface area contributed by atoms with Crippen LogP contribution in [0.3, 0.4) is 0 Å². The first-order chi connectivity index (χ1) is 15.2. The van der Waals surface area contributed by atoms with Gasteiger partial charge in [-0.1, -0.05) is 30.8 Å². The zero-order valence-corrected chi connectivity index (χ0v) is 19.2. The maximum Gasteiger partial charge on any atom is 0.332 e. The van der Waals surface area contributed by atoms with E-state index in [9.17, 15) is 14.4 Å². The van der Waals surface area contributed by atoms with Crippen LogP contribution in [0.2, 0.25) is 0 Å². The number of benzene rings is 1.